The quantitative estimate of drug-likeness (QED) is 0.833. The van der Waals surface area contributed by atoms with Gasteiger partial charge in [0.15, 0.2) is 11.5 Å². The molecule has 0 spiro atoms. The van der Waals surface area contributed by atoms with Crippen molar-refractivity contribution in [1.29, 1.82) is 0 Å². The van der Waals surface area contributed by atoms with Crippen molar-refractivity contribution in [2.45, 2.75) is 6.04 Å². The molecule has 6 heteroatoms. The van der Waals surface area contributed by atoms with Crippen LogP contribution in [-0.2, 0) is 0 Å². The van der Waals surface area contributed by atoms with Crippen LogP contribution in [0.4, 0.5) is 0 Å². The molecule has 3 rings (SSSR count). The first-order chi connectivity index (χ1) is 10.2. The second kappa shape index (κ2) is 6.34. The molecular weight excluding hydrogens is 400 g/mol. The molecule has 1 unspecified atom stereocenters. The Balaban J connectivity index is 1.99. The average molecular weight is 414 g/mol. The zero-order chi connectivity index (χ0) is 14.8. The van der Waals surface area contributed by atoms with Gasteiger partial charge in [0.2, 0.25) is 0 Å². The van der Waals surface area contributed by atoms with Crippen molar-refractivity contribution in [2.75, 3.05) is 20.3 Å². The van der Waals surface area contributed by atoms with E-state index in [1.807, 2.05) is 31.3 Å². The number of benzene rings is 1. The standard InChI is InChI=1S/C15H14Br2N2O2/c1-18-14(15-11(17)7-10(16)8-19-15)9-2-3-12-13(6-9)21-5-4-20-12/h2-3,6-8,14,18H,4-5H2,1H3. The van der Waals surface area contributed by atoms with Crippen LogP contribution in [0, 0.1) is 0 Å². The minimum absolute atomic E-state index is 0.0247. The van der Waals surface area contributed by atoms with E-state index in [0.29, 0.717) is 13.2 Å². The summed E-state index contributed by atoms with van der Waals surface area (Å²) in [4.78, 5) is 4.51. The van der Waals surface area contributed by atoms with Crippen molar-refractivity contribution in [3.05, 3.63) is 50.7 Å². The Kier molecular flexibility index (Phi) is 4.47. The van der Waals surface area contributed by atoms with Crippen molar-refractivity contribution in [3.8, 4) is 11.5 Å². The van der Waals surface area contributed by atoms with Gasteiger partial charge in [0, 0.05) is 15.1 Å². The van der Waals surface area contributed by atoms with Gasteiger partial charge in [-0.05, 0) is 62.7 Å². The Morgan fingerprint density at radius 3 is 2.62 bits per heavy atom. The molecule has 2 heterocycles. The van der Waals surface area contributed by atoms with Gasteiger partial charge >= 0.3 is 0 Å². The lowest BCUT2D eigenvalue weighted by Gasteiger charge is -2.22. The zero-order valence-corrected chi connectivity index (χ0v) is 14.6. The first-order valence-electron chi connectivity index (χ1n) is 6.57. The van der Waals surface area contributed by atoms with Gasteiger partial charge in [-0.2, -0.15) is 0 Å². The smallest absolute Gasteiger partial charge is 0.161 e. The number of aromatic nitrogens is 1. The Hall–Kier alpha value is -1.11. The van der Waals surface area contributed by atoms with Gasteiger partial charge in [-0.3, -0.25) is 4.98 Å². The molecule has 1 aliphatic heterocycles. The second-order valence-corrected chi connectivity index (χ2v) is 6.42. The molecule has 1 aliphatic rings. The number of hydrogen-bond acceptors (Lipinski definition) is 4. The first kappa shape index (κ1) is 14.8. The third-order valence-corrected chi connectivity index (χ3v) is 4.37. The molecule has 21 heavy (non-hydrogen) atoms. The monoisotopic (exact) mass is 412 g/mol. The fraction of sp³-hybridized carbons (Fsp3) is 0.267. The molecule has 2 aromatic rings. The number of hydrogen-bond donors (Lipinski definition) is 1. The number of pyridine rings is 1. The van der Waals surface area contributed by atoms with Crippen LogP contribution in [0.5, 0.6) is 11.5 Å². The van der Waals surface area contributed by atoms with Crippen LogP contribution < -0.4 is 14.8 Å². The molecule has 110 valence electrons. The molecule has 4 nitrogen and oxygen atoms in total. The van der Waals surface area contributed by atoms with Gasteiger partial charge in [0.25, 0.3) is 0 Å². The molecule has 0 fully saturated rings. The largest absolute Gasteiger partial charge is 0.486 e. The van der Waals surface area contributed by atoms with Crippen molar-refractivity contribution in [2.24, 2.45) is 0 Å². The second-order valence-electron chi connectivity index (χ2n) is 4.65. The molecule has 0 aliphatic carbocycles. The number of fused-ring (bicyclic) bond motifs is 1. The van der Waals surface area contributed by atoms with Crippen LogP contribution >= 0.6 is 31.9 Å². The number of halogens is 2. The number of nitrogens with one attached hydrogen (secondary N) is 1. The van der Waals surface area contributed by atoms with Gasteiger partial charge in [-0.1, -0.05) is 6.07 Å². The molecule has 1 atom stereocenters. The fourth-order valence-corrected chi connectivity index (χ4v) is 3.55. The molecule has 1 aromatic carbocycles. The van der Waals surface area contributed by atoms with Crippen molar-refractivity contribution >= 4 is 31.9 Å². The van der Waals surface area contributed by atoms with E-state index in [0.717, 1.165) is 31.7 Å². The zero-order valence-electron chi connectivity index (χ0n) is 11.4. The van der Waals surface area contributed by atoms with Crippen molar-refractivity contribution in [3.63, 3.8) is 0 Å². The van der Waals surface area contributed by atoms with E-state index in [9.17, 15) is 0 Å². The predicted molar refractivity (Wildman–Crippen MR) is 88.0 cm³/mol. The summed E-state index contributed by atoms with van der Waals surface area (Å²) in [6, 6.07) is 7.95. The van der Waals surface area contributed by atoms with Crippen LogP contribution in [-0.4, -0.2) is 25.2 Å². The van der Waals surface area contributed by atoms with E-state index < -0.39 is 0 Å². The summed E-state index contributed by atoms with van der Waals surface area (Å²) >= 11 is 7.00. The predicted octanol–water partition coefficient (Wildman–Crippen LogP) is 3.69. The van der Waals surface area contributed by atoms with Crippen molar-refractivity contribution in [1.82, 2.24) is 10.3 Å². The first-order valence-corrected chi connectivity index (χ1v) is 8.15. The summed E-state index contributed by atoms with van der Waals surface area (Å²) in [6.07, 6.45) is 1.79. The van der Waals surface area contributed by atoms with Crippen LogP contribution in [0.3, 0.4) is 0 Å². The molecule has 0 saturated carbocycles. The average Bonchev–Trinajstić information content (AvgIpc) is 2.50. The fourth-order valence-electron chi connectivity index (χ4n) is 2.34. The van der Waals surface area contributed by atoms with Gasteiger partial charge in [0.1, 0.15) is 13.2 Å². The van der Waals surface area contributed by atoms with Gasteiger partial charge in [-0.25, -0.2) is 0 Å². The Morgan fingerprint density at radius 2 is 1.90 bits per heavy atom. The maximum absolute atomic E-state index is 5.65. The van der Waals surface area contributed by atoms with E-state index in [1.165, 1.54) is 0 Å². The minimum atomic E-state index is -0.0247. The summed E-state index contributed by atoms with van der Waals surface area (Å²) in [7, 11) is 1.91. The lowest BCUT2D eigenvalue weighted by atomic mass is 10.0. The van der Waals surface area contributed by atoms with E-state index in [1.54, 1.807) is 6.20 Å². The molecule has 0 bridgehead atoms. The highest BCUT2D eigenvalue weighted by Gasteiger charge is 2.20. The summed E-state index contributed by atoms with van der Waals surface area (Å²) in [5.41, 5.74) is 2.01. The lowest BCUT2D eigenvalue weighted by Crippen LogP contribution is -2.20. The Bertz CT molecular complexity index is 664. The highest BCUT2D eigenvalue weighted by molar-refractivity contribution is 9.11. The summed E-state index contributed by atoms with van der Waals surface area (Å²) in [6.45, 7) is 1.18. The number of nitrogens with zero attached hydrogens (tertiary/aromatic N) is 1. The number of ether oxygens (including phenoxy) is 2. The van der Waals surface area contributed by atoms with Crippen LogP contribution in [0.15, 0.2) is 39.4 Å². The van der Waals surface area contributed by atoms with Crippen molar-refractivity contribution < 1.29 is 9.47 Å². The SMILES string of the molecule is CNC(c1ccc2c(c1)OCCO2)c1ncc(Br)cc1Br. The van der Waals surface area contributed by atoms with Crippen LogP contribution in [0.2, 0.25) is 0 Å². The normalized spacial score (nSPS) is 14.8. The molecule has 1 N–H and O–H groups in total. The van der Waals surface area contributed by atoms with E-state index >= 15 is 0 Å². The van der Waals surface area contributed by atoms with Gasteiger partial charge in [0.05, 0.1) is 11.7 Å². The molecule has 0 radical (unpaired) electrons. The third kappa shape index (κ3) is 3.07. The third-order valence-electron chi connectivity index (χ3n) is 3.30. The van der Waals surface area contributed by atoms with Crippen LogP contribution in [0.25, 0.3) is 0 Å². The lowest BCUT2D eigenvalue weighted by molar-refractivity contribution is 0.171. The van der Waals surface area contributed by atoms with Gasteiger partial charge in [-0.15, -0.1) is 0 Å². The highest BCUT2D eigenvalue weighted by atomic mass is 79.9. The van der Waals surface area contributed by atoms with E-state index in [2.05, 4.69) is 42.2 Å². The molecule has 0 saturated heterocycles. The maximum Gasteiger partial charge on any atom is 0.161 e. The Labute approximate surface area is 140 Å². The summed E-state index contributed by atoms with van der Waals surface area (Å²) in [5, 5.41) is 3.30. The van der Waals surface area contributed by atoms with E-state index in [-0.39, 0.29) is 6.04 Å². The minimum Gasteiger partial charge on any atom is -0.486 e. The van der Waals surface area contributed by atoms with Crippen LogP contribution in [0.1, 0.15) is 17.3 Å². The molecular formula is C15H14Br2N2O2. The van der Waals surface area contributed by atoms with Gasteiger partial charge < -0.3 is 14.8 Å². The summed E-state index contributed by atoms with van der Waals surface area (Å²) in [5.74, 6) is 1.58. The molecule has 1 aromatic heterocycles. The maximum atomic E-state index is 5.65. The molecule has 0 amide bonds. The number of rotatable bonds is 3. The Morgan fingerprint density at radius 1 is 1.14 bits per heavy atom. The van der Waals surface area contributed by atoms with E-state index in [4.69, 9.17) is 9.47 Å². The highest BCUT2D eigenvalue weighted by Crippen LogP contribution is 2.35. The topological polar surface area (TPSA) is 43.4 Å². The summed E-state index contributed by atoms with van der Waals surface area (Å²) < 4.78 is 13.1.